The molecule has 0 atom stereocenters. The van der Waals surface area contributed by atoms with Gasteiger partial charge in [-0.1, -0.05) is 30.3 Å². The van der Waals surface area contributed by atoms with Crippen LogP contribution in [-0.4, -0.2) is 32.6 Å². The van der Waals surface area contributed by atoms with Crippen LogP contribution in [0.1, 0.15) is 20.8 Å². The Labute approximate surface area is 185 Å². The van der Waals surface area contributed by atoms with Crippen LogP contribution in [0, 0.1) is 0 Å². The third-order valence-corrected chi connectivity index (χ3v) is 5.33. The summed E-state index contributed by atoms with van der Waals surface area (Å²) in [6, 6.07) is 18.2. The molecular weight excluding hydrogens is 412 g/mol. The number of methoxy groups -OCH3 is 2. The van der Waals surface area contributed by atoms with Crippen LogP contribution in [0.25, 0.3) is 6.08 Å². The molecule has 160 valence electrons. The van der Waals surface area contributed by atoms with E-state index in [9.17, 15) is 9.59 Å². The van der Waals surface area contributed by atoms with Gasteiger partial charge in [-0.2, -0.15) is 0 Å². The van der Waals surface area contributed by atoms with Crippen LogP contribution < -0.4 is 20.1 Å². The molecule has 0 spiro atoms. The SMILES string of the molecule is COc1ccc(CCNC(=O)C(=Cc2cccs2)NC(=O)c2ccccc2)cc1OC. The molecule has 0 aliphatic carbocycles. The number of rotatable bonds is 9. The molecule has 31 heavy (non-hydrogen) atoms. The third kappa shape index (κ3) is 6.20. The van der Waals surface area contributed by atoms with Gasteiger partial charge < -0.3 is 20.1 Å². The number of carbonyl (C=O) groups is 2. The van der Waals surface area contributed by atoms with Gasteiger partial charge in [0.2, 0.25) is 0 Å². The van der Waals surface area contributed by atoms with Crippen LogP contribution in [0.4, 0.5) is 0 Å². The Bertz CT molecular complexity index is 1050. The second kappa shape index (κ2) is 11.0. The quantitative estimate of drug-likeness (QED) is 0.499. The topological polar surface area (TPSA) is 76.7 Å². The van der Waals surface area contributed by atoms with Crippen molar-refractivity contribution in [3.63, 3.8) is 0 Å². The van der Waals surface area contributed by atoms with Crippen LogP contribution in [0.5, 0.6) is 11.5 Å². The van der Waals surface area contributed by atoms with Gasteiger partial charge in [0.05, 0.1) is 14.2 Å². The van der Waals surface area contributed by atoms with Crippen molar-refractivity contribution in [3.8, 4) is 11.5 Å². The molecule has 0 fully saturated rings. The molecule has 2 N–H and O–H groups in total. The molecule has 0 saturated heterocycles. The highest BCUT2D eigenvalue weighted by molar-refractivity contribution is 7.10. The number of thiophene rings is 1. The van der Waals surface area contributed by atoms with E-state index in [4.69, 9.17) is 9.47 Å². The predicted molar refractivity (Wildman–Crippen MR) is 122 cm³/mol. The van der Waals surface area contributed by atoms with Gasteiger partial charge in [-0.3, -0.25) is 9.59 Å². The molecule has 1 heterocycles. The van der Waals surface area contributed by atoms with E-state index in [-0.39, 0.29) is 17.5 Å². The minimum Gasteiger partial charge on any atom is -0.493 e. The first-order chi connectivity index (χ1) is 15.1. The fourth-order valence-electron chi connectivity index (χ4n) is 2.91. The maximum atomic E-state index is 12.8. The number of amides is 2. The largest absolute Gasteiger partial charge is 0.493 e. The number of hydrogen-bond donors (Lipinski definition) is 2. The Kier molecular flexibility index (Phi) is 7.84. The smallest absolute Gasteiger partial charge is 0.267 e. The van der Waals surface area contributed by atoms with Crippen molar-refractivity contribution in [2.45, 2.75) is 6.42 Å². The fraction of sp³-hybridized carbons (Fsp3) is 0.167. The molecule has 0 aliphatic rings. The van der Waals surface area contributed by atoms with Crippen molar-refractivity contribution in [2.75, 3.05) is 20.8 Å². The van der Waals surface area contributed by atoms with Gasteiger partial charge in [-0.15, -0.1) is 11.3 Å². The molecule has 1 aromatic heterocycles. The monoisotopic (exact) mass is 436 g/mol. The average molecular weight is 437 g/mol. The lowest BCUT2D eigenvalue weighted by Gasteiger charge is -2.12. The second-order valence-corrected chi connectivity index (χ2v) is 7.57. The molecule has 2 aromatic carbocycles. The average Bonchev–Trinajstić information content (AvgIpc) is 3.32. The van der Waals surface area contributed by atoms with E-state index in [0.29, 0.717) is 30.0 Å². The predicted octanol–water partition coefficient (Wildman–Crippen LogP) is 3.90. The molecule has 3 aromatic rings. The van der Waals surface area contributed by atoms with Crippen LogP contribution in [0.3, 0.4) is 0 Å². The zero-order valence-electron chi connectivity index (χ0n) is 17.4. The van der Waals surface area contributed by atoms with E-state index in [1.165, 1.54) is 11.3 Å². The van der Waals surface area contributed by atoms with E-state index >= 15 is 0 Å². The van der Waals surface area contributed by atoms with E-state index in [1.54, 1.807) is 44.6 Å². The lowest BCUT2D eigenvalue weighted by Crippen LogP contribution is -2.35. The Morgan fingerprint density at radius 2 is 1.74 bits per heavy atom. The van der Waals surface area contributed by atoms with Crippen molar-refractivity contribution in [1.29, 1.82) is 0 Å². The van der Waals surface area contributed by atoms with Crippen LogP contribution in [0.15, 0.2) is 71.7 Å². The van der Waals surface area contributed by atoms with Gasteiger partial charge in [-0.25, -0.2) is 0 Å². The molecule has 0 aliphatic heterocycles. The molecule has 0 unspecified atom stereocenters. The molecule has 0 saturated carbocycles. The molecule has 2 amide bonds. The van der Waals surface area contributed by atoms with Gasteiger partial charge in [-0.05, 0) is 53.8 Å². The molecule has 0 radical (unpaired) electrons. The maximum absolute atomic E-state index is 12.8. The van der Waals surface area contributed by atoms with Gasteiger partial charge in [0, 0.05) is 17.0 Å². The fourth-order valence-corrected chi connectivity index (χ4v) is 3.57. The van der Waals surface area contributed by atoms with Crippen molar-refractivity contribution < 1.29 is 19.1 Å². The molecular formula is C24H24N2O4S. The summed E-state index contributed by atoms with van der Waals surface area (Å²) in [6.45, 7) is 0.400. The summed E-state index contributed by atoms with van der Waals surface area (Å²) in [7, 11) is 3.17. The summed E-state index contributed by atoms with van der Waals surface area (Å²) in [5.41, 5.74) is 1.68. The van der Waals surface area contributed by atoms with Crippen molar-refractivity contribution >= 4 is 29.2 Å². The summed E-state index contributed by atoms with van der Waals surface area (Å²) >= 11 is 1.49. The third-order valence-electron chi connectivity index (χ3n) is 4.51. The molecule has 6 nitrogen and oxygen atoms in total. The van der Waals surface area contributed by atoms with Crippen LogP contribution >= 0.6 is 11.3 Å². The Hall–Kier alpha value is -3.58. The zero-order chi connectivity index (χ0) is 22.1. The van der Waals surface area contributed by atoms with Gasteiger partial charge in [0.15, 0.2) is 11.5 Å². The molecule has 0 bridgehead atoms. The molecule has 7 heteroatoms. The Morgan fingerprint density at radius 3 is 2.42 bits per heavy atom. The minimum atomic E-state index is -0.349. The van der Waals surface area contributed by atoms with Crippen LogP contribution in [-0.2, 0) is 11.2 Å². The van der Waals surface area contributed by atoms with Gasteiger partial charge in [0.1, 0.15) is 5.70 Å². The van der Waals surface area contributed by atoms with Crippen molar-refractivity contribution in [1.82, 2.24) is 10.6 Å². The number of benzene rings is 2. The summed E-state index contributed by atoms with van der Waals surface area (Å²) < 4.78 is 10.6. The first kappa shape index (κ1) is 22.1. The zero-order valence-corrected chi connectivity index (χ0v) is 18.2. The second-order valence-electron chi connectivity index (χ2n) is 6.59. The first-order valence-electron chi connectivity index (χ1n) is 9.71. The summed E-state index contributed by atoms with van der Waals surface area (Å²) in [5.74, 6) is 0.608. The van der Waals surface area contributed by atoms with E-state index < -0.39 is 0 Å². The van der Waals surface area contributed by atoms with Crippen molar-refractivity contribution in [3.05, 3.63) is 87.7 Å². The highest BCUT2D eigenvalue weighted by Gasteiger charge is 2.15. The normalized spacial score (nSPS) is 11.0. The highest BCUT2D eigenvalue weighted by atomic mass is 32.1. The Morgan fingerprint density at radius 1 is 0.968 bits per heavy atom. The van der Waals surface area contributed by atoms with Gasteiger partial charge >= 0.3 is 0 Å². The van der Waals surface area contributed by atoms with E-state index in [0.717, 1.165) is 10.4 Å². The number of ether oxygens (including phenoxy) is 2. The minimum absolute atomic E-state index is 0.198. The van der Waals surface area contributed by atoms with E-state index in [2.05, 4.69) is 10.6 Å². The van der Waals surface area contributed by atoms with E-state index in [1.807, 2.05) is 41.8 Å². The lowest BCUT2D eigenvalue weighted by molar-refractivity contribution is -0.117. The first-order valence-corrected chi connectivity index (χ1v) is 10.6. The van der Waals surface area contributed by atoms with Crippen molar-refractivity contribution in [2.24, 2.45) is 0 Å². The summed E-state index contributed by atoms with van der Waals surface area (Å²) in [6.07, 6.45) is 2.28. The molecule has 3 rings (SSSR count). The lowest BCUT2D eigenvalue weighted by atomic mass is 10.1. The van der Waals surface area contributed by atoms with Gasteiger partial charge in [0.25, 0.3) is 11.8 Å². The standard InChI is InChI=1S/C24H24N2O4S/c1-29-21-11-10-17(15-22(21)30-2)12-13-25-24(28)20(16-19-9-6-14-31-19)26-23(27)18-7-4-3-5-8-18/h3-11,14-16H,12-13H2,1-2H3,(H,25,28)(H,26,27). The summed E-state index contributed by atoms with van der Waals surface area (Å²) in [4.78, 5) is 26.2. The number of nitrogens with one attached hydrogen (secondary N) is 2. The summed E-state index contributed by atoms with van der Waals surface area (Å²) in [5, 5.41) is 7.52. The number of carbonyl (C=O) groups excluding carboxylic acids is 2. The highest BCUT2D eigenvalue weighted by Crippen LogP contribution is 2.27. The Balaban J connectivity index is 1.67. The number of hydrogen-bond acceptors (Lipinski definition) is 5. The maximum Gasteiger partial charge on any atom is 0.267 e. The van der Waals surface area contributed by atoms with Crippen LogP contribution in [0.2, 0.25) is 0 Å².